The molecule has 1 aromatic heterocycles. The molecule has 4 amide bonds. The van der Waals surface area contributed by atoms with Gasteiger partial charge < -0.3 is 29.7 Å². The van der Waals surface area contributed by atoms with Crippen molar-refractivity contribution in [2.24, 2.45) is 23.2 Å². The van der Waals surface area contributed by atoms with Crippen LogP contribution in [-0.2, 0) is 35.1 Å². The number of nitrogens with zero attached hydrogens (tertiary/aromatic N) is 3. The molecular formula is C41H56F2N6O9S. The number of carbonyl (C=O) groups is 4. The van der Waals surface area contributed by atoms with E-state index in [2.05, 4.69) is 25.3 Å². The summed E-state index contributed by atoms with van der Waals surface area (Å²) in [6.07, 6.45) is 1.31. The molecule has 59 heavy (non-hydrogen) atoms. The number of sulfonamides is 1. The monoisotopic (exact) mass is 846 g/mol. The van der Waals surface area contributed by atoms with Gasteiger partial charge in [-0.1, -0.05) is 47.5 Å². The van der Waals surface area contributed by atoms with E-state index in [0.29, 0.717) is 50.7 Å². The maximum Gasteiger partial charge on any atom is 0.408 e. The Labute approximate surface area is 343 Å². The van der Waals surface area contributed by atoms with Crippen LogP contribution in [0.15, 0.2) is 18.2 Å². The molecule has 3 aliphatic carbocycles. The Balaban J connectivity index is 1.30. The molecule has 3 saturated carbocycles. The molecule has 5 aliphatic rings. The van der Waals surface area contributed by atoms with Gasteiger partial charge >= 0.3 is 6.09 Å². The fraction of sp³-hybridized carbons (Fsp3) is 0.707. The number of ether oxygens (including phenoxy) is 3. The van der Waals surface area contributed by atoms with Crippen LogP contribution in [0, 0.1) is 23.2 Å². The number of benzene rings is 1. The standard InChI is InChI=1S/C41H56F2N6O9S/c1-7-11-23-20-40(23,37(52)48-59(54,55)25-14-15-25)47-34(50)31-26(8-2)30-21-49(31)36(51)33(39(3,4)5)46-38(53)58-29-18-22(29)12-9-10-17-41(42,43)32-35(57-30)45-28-19-24(56-6)13-16-27(28)44-32/h13,16,19,22-23,25-26,29-31,33H,7-12,14-15,17-18,20-21H2,1-6H3,(H,46,53)(H,47,50)(H,48,52)/t22-,23-,26-,29-,30+,31+,33-,40-/m1/s1. The van der Waals surface area contributed by atoms with E-state index in [9.17, 15) is 27.6 Å². The molecule has 4 fully saturated rings. The SMILES string of the molecule is CCC[C@@H]1C[C@]1(NC(=O)[C@@H]1[C@H](CC)[C@@H]2CN1C(=O)[C@H](C(C)(C)C)NC(=O)O[C@@H]1C[C@H]1CCCCC(F)(F)c1nc3ccc(OC)cc3nc1O2)C(=O)NS(=O)(=O)C1CC1. The van der Waals surface area contributed by atoms with Crippen LogP contribution in [0.2, 0.25) is 0 Å². The molecule has 7 rings (SSSR count). The first-order valence-electron chi connectivity index (χ1n) is 20.9. The Hall–Kier alpha value is -4.35. The predicted molar refractivity (Wildman–Crippen MR) is 211 cm³/mol. The van der Waals surface area contributed by atoms with Crippen LogP contribution in [0.5, 0.6) is 11.6 Å². The average Bonchev–Trinajstić information content (AvgIpc) is 4.10. The van der Waals surface area contributed by atoms with E-state index in [1.165, 1.54) is 18.1 Å². The lowest BCUT2D eigenvalue weighted by Crippen LogP contribution is -2.61. The summed E-state index contributed by atoms with van der Waals surface area (Å²) in [4.78, 5) is 67.1. The summed E-state index contributed by atoms with van der Waals surface area (Å²) < 4.78 is 78.3. The highest BCUT2D eigenvalue weighted by molar-refractivity contribution is 7.91. The first-order chi connectivity index (χ1) is 27.8. The number of hydrogen-bond acceptors (Lipinski definition) is 11. The van der Waals surface area contributed by atoms with Gasteiger partial charge in [0.15, 0.2) is 5.69 Å². The van der Waals surface area contributed by atoms with Gasteiger partial charge in [0, 0.05) is 18.4 Å². The molecule has 0 unspecified atom stereocenters. The zero-order chi connectivity index (χ0) is 42.7. The average molecular weight is 847 g/mol. The van der Waals surface area contributed by atoms with Gasteiger partial charge in [0.05, 0.1) is 29.9 Å². The summed E-state index contributed by atoms with van der Waals surface area (Å²) in [5.41, 5.74) is -2.70. The van der Waals surface area contributed by atoms with Gasteiger partial charge in [-0.05, 0) is 80.8 Å². The highest BCUT2D eigenvalue weighted by Crippen LogP contribution is 2.48. The largest absolute Gasteiger partial charge is 0.497 e. The Kier molecular flexibility index (Phi) is 11.5. The van der Waals surface area contributed by atoms with Gasteiger partial charge in [-0.15, -0.1) is 0 Å². The molecule has 1 saturated heterocycles. The molecule has 1 aromatic carbocycles. The first kappa shape index (κ1) is 42.8. The lowest BCUT2D eigenvalue weighted by molar-refractivity contribution is -0.143. The lowest BCUT2D eigenvalue weighted by Gasteiger charge is -2.36. The second-order valence-electron chi connectivity index (χ2n) is 18.1. The van der Waals surface area contributed by atoms with Crippen LogP contribution in [0.4, 0.5) is 13.6 Å². The van der Waals surface area contributed by atoms with Crippen LogP contribution >= 0.6 is 0 Å². The Morgan fingerprint density at radius 2 is 1.80 bits per heavy atom. The minimum Gasteiger partial charge on any atom is -0.497 e. The number of aromatic nitrogens is 2. The number of fused-ring (bicyclic) bond motifs is 5. The van der Waals surface area contributed by atoms with Crippen molar-refractivity contribution in [1.29, 1.82) is 0 Å². The normalized spacial score (nSPS) is 31.0. The summed E-state index contributed by atoms with van der Waals surface area (Å²) in [7, 11) is -2.50. The highest BCUT2D eigenvalue weighted by Gasteiger charge is 2.63. The third-order valence-electron chi connectivity index (χ3n) is 12.6. The van der Waals surface area contributed by atoms with Crippen LogP contribution in [0.3, 0.4) is 0 Å². The van der Waals surface area contributed by atoms with Gasteiger partial charge in [0.1, 0.15) is 35.6 Å². The van der Waals surface area contributed by atoms with Gasteiger partial charge in [-0.3, -0.25) is 19.1 Å². The fourth-order valence-electron chi connectivity index (χ4n) is 8.79. The molecule has 2 aliphatic heterocycles. The van der Waals surface area contributed by atoms with Crippen molar-refractivity contribution in [3.8, 4) is 11.6 Å². The van der Waals surface area contributed by atoms with Gasteiger partial charge in [0.25, 0.3) is 11.8 Å². The third-order valence-corrected chi connectivity index (χ3v) is 14.4. The van der Waals surface area contributed by atoms with Crippen LogP contribution < -0.4 is 24.8 Å². The zero-order valence-corrected chi connectivity index (χ0v) is 35.3. The maximum atomic E-state index is 16.4. The number of nitrogens with one attached hydrogen (secondary N) is 3. The second-order valence-corrected chi connectivity index (χ2v) is 20.0. The number of amides is 4. The molecule has 2 aromatic rings. The molecule has 15 nitrogen and oxygen atoms in total. The molecule has 3 heterocycles. The van der Waals surface area contributed by atoms with Crippen molar-refractivity contribution in [1.82, 2.24) is 30.2 Å². The van der Waals surface area contributed by atoms with E-state index >= 15 is 8.78 Å². The van der Waals surface area contributed by atoms with Crippen LogP contribution in [0.1, 0.15) is 111 Å². The van der Waals surface area contributed by atoms with Crippen molar-refractivity contribution < 1.29 is 50.6 Å². The number of rotatable bonds is 9. The summed E-state index contributed by atoms with van der Waals surface area (Å²) in [5, 5.41) is 4.95. The fourth-order valence-corrected chi connectivity index (χ4v) is 10.2. The van der Waals surface area contributed by atoms with E-state index < -0.39 is 104 Å². The number of alkyl halides is 2. The van der Waals surface area contributed by atoms with E-state index in [4.69, 9.17) is 14.2 Å². The minimum absolute atomic E-state index is 0.00755. The van der Waals surface area contributed by atoms with Crippen LogP contribution in [-0.4, -0.2) is 95.8 Å². The highest BCUT2D eigenvalue weighted by atomic mass is 32.2. The first-order valence-corrected chi connectivity index (χ1v) is 22.4. The van der Waals surface area contributed by atoms with E-state index in [-0.39, 0.29) is 48.7 Å². The topological polar surface area (TPSA) is 195 Å². The molecule has 18 heteroatoms. The predicted octanol–water partition coefficient (Wildman–Crippen LogP) is 5.10. The van der Waals surface area contributed by atoms with Crippen molar-refractivity contribution in [3.05, 3.63) is 23.9 Å². The Morgan fingerprint density at radius 1 is 1.05 bits per heavy atom. The number of hydrogen-bond donors (Lipinski definition) is 3. The number of methoxy groups -OCH3 is 1. The molecular weight excluding hydrogens is 791 g/mol. The van der Waals surface area contributed by atoms with Gasteiger partial charge in [-0.25, -0.2) is 23.2 Å². The van der Waals surface area contributed by atoms with E-state index in [0.717, 1.165) is 0 Å². The summed E-state index contributed by atoms with van der Waals surface area (Å²) in [5.74, 6) is -6.96. The summed E-state index contributed by atoms with van der Waals surface area (Å²) >= 11 is 0. The maximum absolute atomic E-state index is 16.4. The van der Waals surface area contributed by atoms with Crippen molar-refractivity contribution in [2.45, 2.75) is 146 Å². The van der Waals surface area contributed by atoms with E-state index in [1.807, 2.05) is 6.92 Å². The van der Waals surface area contributed by atoms with Crippen LogP contribution in [0.25, 0.3) is 11.0 Å². The van der Waals surface area contributed by atoms with Gasteiger partial charge in [0.2, 0.25) is 27.7 Å². The Morgan fingerprint density at radius 3 is 2.46 bits per heavy atom. The molecule has 0 radical (unpaired) electrons. The van der Waals surface area contributed by atoms with Gasteiger partial charge in [-0.2, -0.15) is 8.78 Å². The molecule has 324 valence electrons. The summed E-state index contributed by atoms with van der Waals surface area (Å²) in [6.45, 7) is 8.67. The van der Waals surface area contributed by atoms with E-state index in [1.54, 1.807) is 39.8 Å². The number of carbonyl (C=O) groups excluding carboxylic acids is 4. The smallest absolute Gasteiger partial charge is 0.408 e. The molecule has 0 spiro atoms. The molecule has 2 bridgehead atoms. The molecule has 8 atom stereocenters. The summed E-state index contributed by atoms with van der Waals surface area (Å²) in [6, 6.07) is 2.14. The lowest BCUT2D eigenvalue weighted by atomic mass is 9.85. The number of alkyl carbamates (subject to hydrolysis) is 1. The second kappa shape index (κ2) is 15.9. The zero-order valence-electron chi connectivity index (χ0n) is 34.5. The van der Waals surface area contributed by atoms with Crippen molar-refractivity contribution in [3.63, 3.8) is 0 Å². The quantitative estimate of drug-likeness (QED) is 0.304. The molecule has 3 N–H and O–H groups in total. The third kappa shape index (κ3) is 8.78. The minimum atomic E-state index is -3.96. The van der Waals surface area contributed by atoms with Crippen molar-refractivity contribution >= 4 is 44.9 Å². The Bertz CT molecular complexity index is 2100. The van der Waals surface area contributed by atoms with Crippen molar-refractivity contribution in [2.75, 3.05) is 13.7 Å². The number of halogens is 2.